The summed E-state index contributed by atoms with van der Waals surface area (Å²) in [5, 5.41) is 2.05. The molecule has 0 fully saturated rings. The normalized spacial score (nSPS) is 14.8. The van der Waals surface area contributed by atoms with E-state index in [9.17, 15) is 39.6 Å². The fourth-order valence-corrected chi connectivity index (χ4v) is 3.52. The molecule has 164 valence electrons. The van der Waals surface area contributed by atoms with E-state index in [1.54, 1.807) is 0 Å². The fraction of sp³-hybridized carbons (Fsp3) is 0.278. The zero-order valence-electron chi connectivity index (χ0n) is 15.4. The number of carbonyl (C=O) groups excluding carboxylic acids is 1. The average molecular weight is 455 g/mol. The quantitative estimate of drug-likeness (QED) is 0.552. The van der Waals surface area contributed by atoms with Crippen molar-refractivity contribution in [3.63, 3.8) is 0 Å². The van der Waals surface area contributed by atoms with Crippen molar-refractivity contribution >= 4 is 16.0 Å². The Labute approximate surface area is 167 Å². The summed E-state index contributed by atoms with van der Waals surface area (Å²) >= 11 is 0. The molecule has 2 aromatic carbocycles. The van der Waals surface area contributed by atoms with Gasteiger partial charge in [0.05, 0.1) is 17.4 Å². The third kappa shape index (κ3) is 4.93. The first-order valence-electron chi connectivity index (χ1n) is 8.09. The van der Waals surface area contributed by atoms with Crippen LogP contribution < -0.4 is 5.32 Å². The van der Waals surface area contributed by atoms with Gasteiger partial charge in [-0.1, -0.05) is 30.3 Å². The zero-order chi connectivity index (χ0) is 23.0. The van der Waals surface area contributed by atoms with Crippen molar-refractivity contribution in [2.75, 3.05) is 13.3 Å². The third-order valence-electron chi connectivity index (χ3n) is 4.00. The number of nitrogens with one attached hydrogen (secondary N) is 1. The van der Waals surface area contributed by atoms with Crippen LogP contribution in [0.3, 0.4) is 0 Å². The first kappa shape index (κ1) is 23.7. The lowest BCUT2D eigenvalue weighted by Gasteiger charge is -2.32. The maximum atomic E-state index is 13.3. The molecular formula is C18H15F6NO4S. The second-order valence-electron chi connectivity index (χ2n) is 6.21. The Balaban J connectivity index is 3.02. The molecule has 0 aliphatic rings. The number of halogens is 6. The molecular weight excluding hydrogens is 440 g/mol. The number of alkyl halides is 6. The molecule has 0 spiro atoms. The van der Waals surface area contributed by atoms with Crippen molar-refractivity contribution in [2.45, 2.75) is 18.0 Å². The van der Waals surface area contributed by atoms with Crippen molar-refractivity contribution < 1.29 is 43.7 Å². The number of amides is 1. The SMILES string of the molecule is CNC(=O)C(OS(C)(=O)=O)(c1ccccc1)c1cc(C(F)(F)F)cc(C(F)(F)F)c1. The molecule has 12 heteroatoms. The highest BCUT2D eigenvalue weighted by atomic mass is 32.2. The van der Waals surface area contributed by atoms with E-state index in [-0.39, 0.29) is 23.8 Å². The predicted octanol–water partition coefficient (Wildman–Crippen LogP) is 3.69. The molecule has 2 aromatic rings. The molecule has 0 aliphatic carbocycles. The van der Waals surface area contributed by atoms with Crippen LogP contribution in [0, 0.1) is 0 Å². The Kier molecular flexibility index (Phi) is 6.24. The van der Waals surface area contributed by atoms with Crippen LogP contribution in [0.15, 0.2) is 48.5 Å². The van der Waals surface area contributed by atoms with Gasteiger partial charge in [0.2, 0.25) is 5.60 Å². The van der Waals surface area contributed by atoms with Crippen LogP contribution in [-0.4, -0.2) is 27.6 Å². The van der Waals surface area contributed by atoms with Gasteiger partial charge in [0, 0.05) is 12.6 Å². The molecule has 0 saturated carbocycles. The van der Waals surface area contributed by atoms with Crippen LogP contribution in [0.5, 0.6) is 0 Å². The highest BCUT2D eigenvalue weighted by molar-refractivity contribution is 7.86. The summed E-state index contributed by atoms with van der Waals surface area (Å²) in [6, 6.07) is 6.75. The topological polar surface area (TPSA) is 72.5 Å². The molecule has 0 saturated heterocycles. The zero-order valence-corrected chi connectivity index (χ0v) is 16.2. The predicted molar refractivity (Wildman–Crippen MR) is 93.7 cm³/mol. The van der Waals surface area contributed by atoms with Gasteiger partial charge < -0.3 is 5.32 Å². The van der Waals surface area contributed by atoms with Gasteiger partial charge in [-0.25, -0.2) is 4.18 Å². The average Bonchev–Trinajstić information content (AvgIpc) is 2.63. The summed E-state index contributed by atoms with van der Waals surface area (Å²) in [5.74, 6) is -1.29. The van der Waals surface area contributed by atoms with E-state index in [1.165, 1.54) is 18.2 Å². The lowest BCUT2D eigenvalue weighted by atomic mass is 9.83. The third-order valence-corrected chi connectivity index (χ3v) is 4.55. The van der Waals surface area contributed by atoms with Crippen molar-refractivity contribution in [1.29, 1.82) is 0 Å². The largest absolute Gasteiger partial charge is 0.416 e. The summed E-state index contributed by atoms with van der Waals surface area (Å²) in [5.41, 5.74) is -7.55. The molecule has 0 bridgehead atoms. The number of hydrogen-bond donors (Lipinski definition) is 1. The monoisotopic (exact) mass is 455 g/mol. The van der Waals surface area contributed by atoms with E-state index in [0.717, 1.165) is 19.2 Å². The van der Waals surface area contributed by atoms with Crippen molar-refractivity contribution in [2.24, 2.45) is 0 Å². The van der Waals surface area contributed by atoms with Gasteiger partial charge in [-0.2, -0.15) is 34.8 Å². The molecule has 1 N–H and O–H groups in total. The first-order valence-corrected chi connectivity index (χ1v) is 9.91. The van der Waals surface area contributed by atoms with Crippen LogP contribution >= 0.6 is 0 Å². The van der Waals surface area contributed by atoms with Crippen LogP contribution in [0.2, 0.25) is 0 Å². The van der Waals surface area contributed by atoms with Crippen LogP contribution in [0.25, 0.3) is 0 Å². The lowest BCUT2D eigenvalue weighted by Crippen LogP contribution is -2.47. The first-order chi connectivity index (χ1) is 13.6. The fourth-order valence-electron chi connectivity index (χ4n) is 2.80. The van der Waals surface area contributed by atoms with Gasteiger partial charge in [-0.3, -0.25) is 4.79 Å². The summed E-state index contributed by atoms with van der Waals surface area (Å²) in [6.07, 6.45) is -9.91. The molecule has 1 atom stereocenters. The highest BCUT2D eigenvalue weighted by Crippen LogP contribution is 2.42. The molecule has 0 aliphatic heterocycles. The number of hydrogen-bond acceptors (Lipinski definition) is 4. The van der Waals surface area contributed by atoms with Crippen molar-refractivity contribution in [3.8, 4) is 0 Å². The van der Waals surface area contributed by atoms with Crippen molar-refractivity contribution in [3.05, 3.63) is 70.8 Å². The van der Waals surface area contributed by atoms with Crippen LogP contribution in [-0.2, 0) is 37.0 Å². The van der Waals surface area contributed by atoms with Gasteiger partial charge in [-0.05, 0) is 23.8 Å². The van der Waals surface area contributed by atoms with Crippen LogP contribution in [0.4, 0.5) is 26.3 Å². The highest BCUT2D eigenvalue weighted by Gasteiger charge is 2.49. The van der Waals surface area contributed by atoms with Gasteiger partial charge in [0.15, 0.2) is 0 Å². The standard InChI is InChI=1S/C18H15F6NO4S/c1-25-15(26)16(29-30(2,27)28,11-6-4-3-5-7-11)12-8-13(17(19,20)21)10-14(9-12)18(22,23)24/h3-10H,1-2H3,(H,25,26). The smallest absolute Gasteiger partial charge is 0.356 e. The van der Waals surface area contributed by atoms with Gasteiger partial charge in [0.25, 0.3) is 16.0 Å². The van der Waals surface area contributed by atoms with E-state index >= 15 is 0 Å². The number of likely N-dealkylation sites (N-methyl/N-ethyl adjacent to an activating group) is 1. The van der Waals surface area contributed by atoms with E-state index in [2.05, 4.69) is 5.32 Å². The van der Waals surface area contributed by atoms with Gasteiger partial charge in [-0.15, -0.1) is 0 Å². The Morgan fingerprint density at radius 2 is 1.27 bits per heavy atom. The van der Waals surface area contributed by atoms with E-state index in [0.29, 0.717) is 6.26 Å². The second-order valence-corrected chi connectivity index (χ2v) is 7.78. The molecule has 0 radical (unpaired) electrons. The second kappa shape index (κ2) is 7.91. The Morgan fingerprint density at radius 1 is 0.833 bits per heavy atom. The molecule has 0 heterocycles. The summed E-state index contributed by atoms with van der Waals surface area (Å²) in [6.45, 7) is 0. The Bertz CT molecular complexity index is 1000. The minimum atomic E-state index is -5.22. The maximum absolute atomic E-state index is 13.3. The lowest BCUT2D eigenvalue weighted by molar-refractivity contribution is -0.144. The molecule has 2 rings (SSSR count). The van der Waals surface area contributed by atoms with E-state index in [4.69, 9.17) is 4.18 Å². The molecule has 5 nitrogen and oxygen atoms in total. The molecule has 30 heavy (non-hydrogen) atoms. The number of carbonyl (C=O) groups is 1. The van der Waals surface area contributed by atoms with Crippen molar-refractivity contribution in [1.82, 2.24) is 5.32 Å². The van der Waals surface area contributed by atoms with Gasteiger partial charge in [0.1, 0.15) is 0 Å². The molecule has 1 amide bonds. The molecule has 1 unspecified atom stereocenters. The van der Waals surface area contributed by atoms with E-state index in [1.807, 2.05) is 0 Å². The maximum Gasteiger partial charge on any atom is 0.416 e. The summed E-state index contributed by atoms with van der Waals surface area (Å²) in [7, 11) is -3.52. The summed E-state index contributed by atoms with van der Waals surface area (Å²) < 4.78 is 109. The minimum Gasteiger partial charge on any atom is -0.356 e. The minimum absolute atomic E-state index is 0.135. The Hall–Kier alpha value is -2.60. The van der Waals surface area contributed by atoms with Gasteiger partial charge >= 0.3 is 12.4 Å². The summed E-state index contributed by atoms with van der Waals surface area (Å²) in [4.78, 5) is 12.8. The van der Waals surface area contributed by atoms with Crippen LogP contribution in [0.1, 0.15) is 22.3 Å². The number of benzene rings is 2. The Morgan fingerprint density at radius 3 is 1.63 bits per heavy atom. The molecule has 0 aromatic heterocycles. The van der Waals surface area contributed by atoms with E-state index < -0.39 is 50.7 Å². The number of rotatable bonds is 5.